The number of sulfonamides is 1. The molecule has 0 spiro atoms. The van der Waals surface area contributed by atoms with E-state index in [-0.39, 0.29) is 6.61 Å². The van der Waals surface area contributed by atoms with Gasteiger partial charge in [-0.3, -0.25) is 0 Å². The molecule has 0 amide bonds. The first-order chi connectivity index (χ1) is 8.47. The van der Waals surface area contributed by atoms with Gasteiger partial charge >= 0.3 is 0 Å². The lowest BCUT2D eigenvalue weighted by Gasteiger charge is -2.17. The summed E-state index contributed by atoms with van der Waals surface area (Å²) in [6, 6.07) is 8.71. The van der Waals surface area contributed by atoms with Gasteiger partial charge in [0, 0.05) is 13.1 Å². The Morgan fingerprint density at radius 3 is 2.39 bits per heavy atom. The van der Waals surface area contributed by atoms with Gasteiger partial charge < -0.3 is 4.74 Å². The predicted octanol–water partition coefficient (Wildman–Crippen LogP) is 1.22. The Kier molecular flexibility index (Phi) is 5.13. The molecule has 0 N–H and O–H groups in total. The van der Waals surface area contributed by atoms with Crippen LogP contribution in [0.2, 0.25) is 0 Å². The molecule has 6 heteroatoms. The maximum atomic E-state index is 11.3. The van der Waals surface area contributed by atoms with E-state index < -0.39 is 10.0 Å². The summed E-state index contributed by atoms with van der Waals surface area (Å²) in [5.74, 6) is 0.624. The average Bonchev–Trinajstić information content (AvgIpc) is 2.34. The van der Waals surface area contributed by atoms with Crippen LogP contribution in [-0.2, 0) is 10.0 Å². The van der Waals surface area contributed by atoms with Crippen LogP contribution < -0.4 is 4.74 Å². The van der Waals surface area contributed by atoms with Crippen molar-refractivity contribution in [2.75, 3.05) is 26.0 Å². The first-order valence-corrected chi connectivity index (χ1v) is 7.40. The monoisotopic (exact) mass is 268 g/mol. The zero-order valence-electron chi connectivity index (χ0n) is 10.5. The quantitative estimate of drug-likeness (QED) is 0.777. The van der Waals surface area contributed by atoms with Crippen molar-refractivity contribution in [3.8, 4) is 11.8 Å². The lowest BCUT2D eigenvalue weighted by atomic mass is 10.2. The minimum absolute atomic E-state index is 0.285. The number of likely N-dealkylation sites (N-methyl/N-ethyl adjacent to an activating group) is 1. The third kappa shape index (κ3) is 4.35. The van der Waals surface area contributed by atoms with Crippen LogP contribution in [0.25, 0.3) is 0 Å². The summed E-state index contributed by atoms with van der Waals surface area (Å²) in [5.41, 5.74) is 0.564. The van der Waals surface area contributed by atoms with Crippen molar-refractivity contribution in [3.05, 3.63) is 29.8 Å². The van der Waals surface area contributed by atoms with Gasteiger partial charge in [0.2, 0.25) is 10.0 Å². The zero-order valence-corrected chi connectivity index (χ0v) is 11.3. The first-order valence-electron chi connectivity index (χ1n) is 5.55. The smallest absolute Gasteiger partial charge is 0.211 e. The SMILES string of the molecule is CCN(CCOc1ccc(C#N)cc1)S(C)(=O)=O. The largest absolute Gasteiger partial charge is 0.492 e. The van der Waals surface area contributed by atoms with Gasteiger partial charge in [0.15, 0.2) is 0 Å². The molecule has 1 aromatic rings. The van der Waals surface area contributed by atoms with Crippen LogP contribution in [0, 0.1) is 11.3 Å². The van der Waals surface area contributed by atoms with E-state index in [1.165, 1.54) is 10.6 Å². The standard InChI is InChI=1S/C12H16N2O3S/c1-3-14(18(2,15)16)8-9-17-12-6-4-11(10-13)5-7-12/h4-7H,3,8-9H2,1-2H3. The third-order valence-electron chi connectivity index (χ3n) is 2.41. The molecule has 18 heavy (non-hydrogen) atoms. The van der Waals surface area contributed by atoms with E-state index in [2.05, 4.69) is 0 Å². The van der Waals surface area contributed by atoms with E-state index in [9.17, 15) is 8.42 Å². The molecule has 0 aliphatic heterocycles. The Hall–Kier alpha value is -1.58. The maximum absolute atomic E-state index is 11.3. The Balaban J connectivity index is 2.48. The van der Waals surface area contributed by atoms with Crippen LogP contribution in [0.1, 0.15) is 12.5 Å². The molecule has 0 aliphatic carbocycles. The number of nitrogens with zero attached hydrogens (tertiary/aromatic N) is 2. The Morgan fingerprint density at radius 2 is 1.94 bits per heavy atom. The van der Waals surface area contributed by atoms with Gasteiger partial charge in [-0.15, -0.1) is 0 Å². The van der Waals surface area contributed by atoms with Crippen molar-refractivity contribution in [1.29, 1.82) is 5.26 Å². The molecule has 98 valence electrons. The van der Waals surface area contributed by atoms with Gasteiger partial charge in [-0.2, -0.15) is 9.57 Å². The minimum atomic E-state index is -3.17. The summed E-state index contributed by atoms with van der Waals surface area (Å²) in [5, 5.41) is 8.63. The fourth-order valence-corrected chi connectivity index (χ4v) is 2.32. The average molecular weight is 268 g/mol. The van der Waals surface area contributed by atoms with E-state index in [4.69, 9.17) is 10.00 Å². The van der Waals surface area contributed by atoms with E-state index >= 15 is 0 Å². The van der Waals surface area contributed by atoms with Crippen LogP contribution in [0.5, 0.6) is 5.75 Å². The summed E-state index contributed by atoms with van der Waals surface area (Å²) in [6.45, 7) is 2.81. The van der Waals surface area contributed by atoms with Gasteiger partial charge in [-0.25, -0.2) is 8.42 Å². The minimum Gasteiger partial charge on any atom is -0.492 e. The Labute approximate surface area is 108 Å². The van der Waals surface area contributed by atoms with Crippen molar-refractivity contribution in [2.45, 2.75) is 6.92 Å². The maximum Gasteiger partial charge on any atom is 0.211 e. The molecule has 0 aromatic heterocycles. The van der Waals surface area contributed by atoms with E-state index in [1.807, 2.05) is 6.07 Å². The topological polar surface area (TPSA) is 70.4 Å². The summed E-state index contributed by atoms with van der Waals surface area (Å²) in [6.07, 6.45) is 1.18. The van der Waals surface area contributed by atoms with Crippen LogP contribution in [-0.4, -0.2) is 38.7 Å². The Morgan fingerprint density at radius 1 is 1.33 bits per heavy atom. The van der Waals surface area contributed by atoms with Crippen LogP contribution in [0.3, 0.4) is 0 Å². The highest BCUT2D eigenvalue weighted by molar-refractivity contribution is 7.88. The highest BCUT2D eigenvalue weighted by Crippen LogP contribution is 2.11. The van der Waals surface area contributed by atoms with Gasteiger partial charge in [-0.1, -0.05) is 6.92 Å². The molecular weight excluding hydrogens is 252 g/mol. The van der Waals surface area contributed by atoms with E-state index in [1.54, 1.807) is 31.2 Å². The van der Waals surface area contributed by atoms with Crippen molar-refractivity contribution in [3.63, 3.8) is 0 Å². The number of hydrogen-bond acceptors (Lipinski definition) is 4. The van der Waals surface area contributed by atoms with Gasteiger partial charge in [0.05, 0.1) is 17.9 Å². The van der Waals surface area contributed by atoms with Crippen molar-refractivity contribution in [1.82, 2.24) is 4.31 Å². The highest BCUT2D eigenvalue weighted by atomic mass is 32.2. The lowest BCUT2D eigenvalue weighted by Crippen LogP contribution is -2.33. The van der Waals surface area contributed by atoms with Gasteiger partial charge in [0.25, 0.3) is 0 Å². The predicted molar refractivity (Wildman–Crippen MR) is 68.7 cm³/mol. The molecule has 0 fully saturated rings. The van der Waals surface area contributed by atoms with Crippen LogP contribution in [0.15, 0.2) is 24.3 Å². The molecule has 0 saturated carbocycles. The summed E-state index contributed by atoms with van der Waals surface area (Å²) in [7, 11) is -3.17. The molecule has 0 radical (unpaired) electrons. The number of nitriles is 1. The second kappa shape index (κ2) is 6.38. The second-order valence-corrected chi connectivity index (χ2v) is 5.72. The molecule has 0 aliphatic rings. The molecule has 0 unspecified atom stereocenters. The fourth-order valence-electron chi connectivity index (χ4n) is 1.45. The molecule has 0 saturated heterocycles. The molecule has 1 aromatic carbocycles. The highest BCUT2D eigenvalue weighted by Gasteiger charge is 2.13. The molecule has 0 bridgehead atoms. The van der Waals surface area contributed by atoms with E-state index in [0.717, 1.165) is 0 Å². The third-order valence-corrected chi connectivity index (χ3v) is 3.79. The molecule has 0 atom stereocenters. The van der Waals surface area contributed by atoms with E-state index in [0.29, 0.717) is 24.4 Å². The van der Waals surface area contributed by atoms with Crippen LogP contribution in [0.4, 0.5) is 0 Å². The molecule has 1 rings (SSSR count). The second-order valence-electron chi connectivity index (χ2n) is 3.74. The number of benzene rings is 1. The summed E-state index contributed by atoms with van der Waals surface area (Å²) < 4.78 is 29.4. The van der Waals surface area contributed by atoms with Crippen molar-refractivity contribution < 1.29 is 13.2 Å². The molecule has 0 heterocycles. The van der Waals surface area contributed by atoms with Crippen molar-refractivity contribution >= 4 is 10.0 Å². The molecular formula is C12H16N2O3S. The lowest BCUT2D eigenvalue weighted by molar-refractivity contribution is 0.277. The first kappa shape index (κ1) is 14.5. The summed E-state index contributed by atoms with van der Waals surface area (Å²) in [4.78, 5) is 0. The Bertz CT molecular complexity index is 517. The summed E-state index contributed by atoms with van der Waals surface area (Å²) >= 11 is 0. The zero-order chi connectivity index (χ0) is 13.6. The van der Waals surface area contributed by atoms with Gasteiger partial charge in [0.1, 0.15) is 12.4 Å². The van der Waals surface area contributed by atoms with Crippen molar-refractivity contribution in [2.24, 2.45) is 0 Å². The number of ether oxygens (including phenoxy) is 1. The normalized spacial score (nSPS) is 11.2. The molecule has 5 nitrogen and oxygen atoms in total. The number of rotatable bonds is 6. The number of hydrogen-bond donors (Lipinski definition) is 0. The van der Waals surface area contributed by atoms with Gasteiger partial charge in [-0.05, 0) is 24.3 Å². The fraction of sp³-hybridized carbons (Fsp3) is 0.417. The van der Waals surface area contributed by atoms with Crippen LogP contribution >= 0.6 is 0 Å².